The molecule has 0 saturated carbocycles. The first kappa shape index (κ1) is 28.5. The number of nitrogens with one attached hydrogen (secondary N) is 2. The van der Waals surface area contributed by atoms with Crippen molar-refractivity contribution in [2.24, 2.45) is 0 Å². The highest BCUT2D eigenvalue weighted by molar-refractivity contribution is 6.42. The Labute approximate surface area is 246 Å². The van der Waals surface area contributed by atoms with Crippen LogP contribution in [0.4, 0.5) is 0 Å². The maximum Gasteiger partial charge on any atom is 0.253 e. The molecule has 6 nitrogen and oxygen atoms in total. The minimum atomic E-state index is -0.546. The van der Waals surface area contributed by atoms with Crippen LogP contribution in [-0.2, 0) is 15.6 Å². The summed E-state index contributed by atoms with van der Waals surface area (Å²) in [7, 11) is 1.61. The quantitative estimate of drug-likeness (QED) is 0.363. The molecule has 2 aliphatic heterocycles. The van der Waals surface area contributed by atoms with E-state index in [1.807, 2.05) is 41.3 Å². The van der Waals surface area contributed by atoms with E-state index in [9.17, 15) is 9.59 Å². The molecule has 0 bridgehead atoms. The normalized spacial score (nSPS) is 20.2. The van der Waals surface area contributed by atoms with Crippen molar-refractivity contribution in [2.45, 2.75) is 36.5 Å². The summed E-state index contributed by atoms with van der Waals surface area (Å²) in [5.74, 6) is 0.751. The van der Waals surface area contributed by atoms with E-state index in [0.29, 0.717) is 47.4 Å². The van der Waals surface area contributed by atoms with E-state index in [2.05, 4.69) is 22.8 Å². The number of hydrogen-bond donors (Lipinski definition) is 2. The van der Waals surface area contributed by atoms with Crippen molar-refractivity contribution >= 4 is 35.0 Å². The van der Waals surface area contributed by atoms with Crippen LogP contribution in [0.1, 0.15) is 47.2 Å². The Morgan fingerprint density at radius 2 is 1.65 bits per heavy atom. The molecule has 2 N–H and O–H groups in total. The number of rotatable bonds is 8. The maximum atomic E-state index is 13.8. The Kier molecular flexibility index (Phi) is 8.69. The summed E-state index contributed by atoms with van der Waals surface area (Å²) < 4.78 is 5.24. The van der Waals surface area contributed by atoms with Gasteiger partial charge in [0.25, 0.3) is 5.91 Å². The molecular weight excluding hydrogens is 545 g/mol. The Morgan fingerprint density at radius 3 is 2.33 bits per heavy atom. The number of nitrogens with zero attached hydrogens (tertiary/aromatic N) is 1. The topological polar surface area (TPSA) is 70.7 Å². The molecular formula is C32H35Cl2N3O3. The summed E-state index contributed by atoms with van der Waals surface area (Å²) in [6.07, 6.45) is 2.94. The molecule has 2 amide bonds. The number of carbonyl (C=O) groups excluding carboxylic acids is 2. The largest absolute Gasteiger partial charge is 0.497 e. The van der Waals surface area contributed by atoms with Crippen LogP contribution < -0.4 is 15.4 Å². The lowest BCUT2D eigenvalue weighted by Gasteiger charge is -2.37. The zero-order chi connectivity index (χ0) is 28.2. The number of methoxy groups -OCH3 is 1. The summed E-state index contributed by atoms with van der Waals surface area (Å²) in [5, 5.41) is 7.65. The highest BCUT2D eigenvalue weighted by Crippen LogP contribution is 2.41. The fraction of sp³-hybridized carbons (Fsp3) is 0.375. The second-order valence-corrected chi connectivity index (χ2v) is 11.6. The first-order valence-electron chi connectivity index (χ1n) is 13.8. The molecule has 40 heavy (non-hydrogen) atoms. The van der Waals surface area contributed by atoms with Crippen LogP contribution >= 0.6 is 23.2 Å². The minimum Gasteiger partial charge on any atom is -0.497 e. The van der Waals surface area contributed by atoms with Gasteiger partial charge in [-0.15, -0.1) is 0 Å². The first-order valence-corrected chi connectivity index (χ1v) is 14.6. The van der Waals surface area contributed by atoms with Crippen LogP contribution in [0, 0.1) is 0 Å². The maximum absolute atomic E-state index is 13.8. The van der Waals surface area contributed by atoms with Gasteiger partial charge in [-0.1, -0.05) is 59.6 Å². The van der Waals surface area contributed by atoms with E-state index in [0.717, 1.165) is 43.5 Å². The van der Waals surface area contributed by atoms with Crippen molar-refractivity contribution < 1.29 is 14.3 Å². The number of amides is 2. The van der Waals surface area contributed by atoms with Gasteiger partial charge in [0.15, 0.2) is 0 Å². The van der Waals surface area contributed by atoms with Crippen LogP contribution in [0.5, 0.6) is 5.75 Å². The average molecular weight is 581 g/mol. The van der Waals surface area contributed by atoms with E-state index in [1.165, 1.54) is 0 Å². The van der Waals surface area contributed by atoms with Crippen molar-refractivity contribution in [3.63, 3.8) is 0 Å². The van der Waals surface area contributed by atoms with Crippen molar-refractivity contribution in [2.75, 3.05) is 39.8 Å². The van der Waals surface area contributed by atoms with Crippen molar-refractivity contribution in [1.29, 1.82) is 0 Å². The fourth-order valence-electron chi connectivity index (χ4n) is 6.21. The van der Waals surface area contributed by atoms with Gasteiger partial charge in [0, 0.05) is 30.6 Å². The molecule has 1 unspecified atom stereocenters. The lowest BCUT2D eigenvalue weighted by Crippen LogP contribution is -2.51. The van der Waals surface area contributed by atoms with Gasteiger partial charge >= 0.3 is 0 Å². The second kappa shape index (κ2) is 12.2. The Morgan fingerprint density at radius 1 is 0.925 bits per heavy atom. The molecule has 2 saturated heterocycles. The molecule has 3 aromatic rings. The summed E-state index contributed by atoms with van der Waals surface area (Å²) in [6, 6.07) is 23.0. The van der Waals surface area contributed by atoms with Crippen LogP contribution in [0.25, 0.3) is 0 Å². The predicted octanol–water partition coefficient (Wildman–Crippen LogP) is 5.61. The standard InChI is InChI=1S/C32H35Cl2N3O3/c1-40-26-10-7-23(8-11-26)29(38)37-20-16-31(22-37,25-9-12-27(33)28(34)21-25)13-19-36-30(39)32(14-17-35-18-15-32)24-5-3-2-4-6-24/h2-12,21,35H,13-20,22H2,1H3,(H,36,39). The van der Waals surface area contributed by atoms with E-state index in [1.54, 1.807) is 31.4 Å². The van der Waals surface area contributed by atoms with Gasteiger partial charge in [-0.3, -0.25) is 9.59 Å². The lowest BCUT2D eigenvalue weighted by atomic mass is 9.72. The van der Waals surface area contributed by atoms with Gasteiger partial charge in [0.1, 0.15) is 5.75 Å². The molecule has 5 rings (SSSR count). The molecule has 8 heteroatoms. The van der Waals surface area contributed by atoms with Crippen molar-refractivity contribution in [3.05, 3.63) is 99.5 Å². The molecule has 2 aliphatic rings. The van der Waals surface area contributed by atoms with Gasteiger partial charge in [-0.05, 0) is 86.3 Å². The zero-order valence-corrected chi connectivity index (χ0v) is 24.2. The predicted molar refractivity (Wildman–Crippen MR) is 160 cm³/mol. The number of piperidine rings is 1. The summed E-state index contributed by atoms with van der Waals surface area (Å²) in [4.78, 5) is 29.1. The molecule has 210 valence electrons. The smallest absolute Gasteiger partial charge is 0.253 e. The molecule has 2 fully saturated rings. The highest BCUT2D eigenvalue weighted by Gasteiger charge is 2.44. The van der Waals surface area contributed by atoms with Gasteiger partial charge in [-0.25, -0.2) is 0 Å². The summed E-state index contributed by atoms with van der Waals surface area (Å²) in [5.41, 5.74) is 1.80. The zero-order valence-electron chi connectivity index (χ0n) is 22.7. The molecule has 2 heterocycles. The van der Waals surface area contributed by atoms with Crippen LogP contribution in [-0.4, -0.2) is 56.5 Å². The van der Waals surface area contributed by atoms with E-state index in [-0.39, 0.29) is 17.2 Å². The van der Waals surface area contributed by atoms with Crippen molar-refractivity contribution in [1.82, 2.24) is 15.5 Å². The number of benzene rings is 3. The van der Waals surface area contributed by atoms with E-state index >= 15 is 0 Å². The van der Waals surface area contributed by atoms with Gasteiger partial charge < -0.3 is 20.3 Å². The van der Waals surface area contributed by atoms with E-state index < -0.39 is 5.41 Å². The average Bonchev–Trinajstić information content (AvgIpc) is 3.44. The summed E-state index contributed by atoms with van der Waals surface area (Å²) >= 11 is 12.7. The number of halogens is 2. The molecule has 3 aromatic carbocycles. The van der Waals surface area contributed by atoms with Crippen LogP contribution in [0.15, 0.2) is 72.8 Å². The minimum absolute atomic E-state index is 0.0219. The second-order valence-electron chi connectivity index (χ2n) is 10.8. The van der Waals surface area contributed by atoms with Gasteiger partial charge in [0.05, 0.1) is 22.6 Å². The number of ether oxygens (including phenoxy) is 1. The van der Waals surface area contributed by atoms with Crippen molar-refractivity contribution in [3.8, 4) is 5.75 Å². The lowest BCUT2D eigenvalue weighted by molar-refractivity contribution is -0.127. The van der Waals surface area contributed by atoms with Crippen LogP contribution in [0.3, 0.4) is 0 Å². The van der Waals surface area contributed by atoms with Crippen LogP contribution in [0.2, 0.25) is 10.0 Å². The number of carbonyl (C=O) groups is 2. The van der Waals surface area contributed by atoms with Gasteiger partial charge in [-0.2, -0.15) is 0 Å². The fourth-order valence-corrected chi connectivity index (χ4v) is 6.51. The molecule has 1 atom stereocenters. The van der Waals surface area contributed by atoms with Gasteiger partial charge in [0.2, 0.25) is 5.91 Å². The van der Waals surface area contributed by atoms with E-state index in [4.69, 9.17) is 27.9 Å². The molecule has 0 aromatic heterocycles. The third-order valence-corrected chi connectivity index (χ3v) is 9.36. The molecule has 0 radical (unpaired) electrons. The molecule has 0 spiro atoms. The number of likely N-dealkylation sites (tertiary alicyclic amines) is 1. The third kappa shape index (κ3) is 5.71. The third-order valence-electron chi connectivity index (χ3n) is 8.62. The summed E-state index contributed by atoms with van der Waals surface area (Å²) in [6.45, 7) is 3.24. The Balaban J connectivity index is 1.35. The highest BCUT2D eigenvalue weighted by atomic mass is 35.5. The monoisotopic (exact) mass is 579 g/mol. The Bertz CT molecular complexity index is 1340. The first-order chi connectivity index (χ1) is 19.4. The Hall–Kier alpha value is -3.06. The number of hydrogen-bond acceptors (Lipinski definition) is 4. The molecule has 0 aliphatic carbocycles. The SMILES string of the molecule is COc1ccc(C(=O)N2CCC(CCNC(=O)C3(c4ccccc4)CCNCC3)(c3ccc(Cl)c(Cl)c3)C2)cc1.